The van der Waals surface area contributed by atoms with Crippen LogP contribution in [0.2, 0.25) is 0 Å². The summed E-state index contributed by atoms with van der Waals surface area (Å²) in [6.07, 6.45) is 0.0219. The maximum atomic E-state index is 13.8. The Kier molecular flexibility index (Phi) is 7.78. The summed E-state index contributed by atoms with van der Waals surface area (Å²) >= 11 is 0. The van der Waals surface area contributed by atoms with Crippen molar-refractivity contribution in [2.45, 2.75) is 17.9 Å². The Balaban J connectivity index is 1.79. The van der Waals surface area contributed by atoms with E-state index in [9.17, 15) is 22.4 Å². The minimum atomic E-state index is -4.05. The van der Waals surface area contributed by atoms with E-state index in [1.807, 2.05) is 30.3 Å². The van der Waals surface area contributed by atoms with Crippen molar-refractivity contribution in [1.29, 1.82) is 0 Å². The first-order chi connectivity index (χ1) is 15.8. The third-order valence-corrected chi connectivity index (χ3v) is 6.23. The zero-order chi connectivity index (χ0) is 23.8. The van der Waals surface area contributed by atoms with Gasteiger partial charge in [-0.05, 0) is 42.0 Å². The number of hydrogen-bond donors (Lipinski definition) is 1. The number of anilines is 1. The molecule has 3 aromatic rings. The predicted octanol–water partition coefficient (Wildman–Crippen LogP) is 3.83. The van der Waals surface area contributed by atoms with E-state index in [2.05, 4.69) is 9.46 Å². The van der Waals surface area contributed by atoms with Crippen molar-refractivity contribution in [2.75, 3.05) is 18.4 Å². The van der Waals surface area contributed by atoms with Crippen LogP contribution in [0.1, 0.15) is 22.3 Å². The topological polar surface area (TPSA) is 92.8 Å². The molecule has 0 aliphatic carbocycles. The van der Waals surface area contributed by atoms with Crippen LogP contribution in [0, 0.1) is 5.82 Å². The number of nitrogens with zero attached hydrogens (tertiary/aromatic N) is 1. The summed E-state index contributed by atoms with van der Waals surface area (Å²) in [6, 6.07) is 20.0. The molecule has 0 fully saturated rings. The second-order valence-corrected chi connectivity index (χ2v) is 8.83. The zero-order valence-corrected chi connectivity index (χ0v) is 18.7. The lowest BCUT2D eigenvalue weighted by Gasteiger charge is -2.22. The molecular formula is C24H23FN2O5S. The summed E-state index contributed by atoms with van der Waals surface area (Å²) in [7, 11) is -2.77. The molecule has 7 nitrogen and oxygen atoms in total. The first kappa shape index (κ1) is 23.9. The number of benzene rings is 3. The largest absolute Gasteiger partial charge is 0.469 e. The van der Waals surface area contributed by atoms with Crippen molar-refractivity contribution in [3.63, 3.8) is 0 Å². The highest BCUT2D eigenvalue weighted by atomic mass is 32.2. The highest BCUT2D eigenvalue weighted by Gasteiger charge is 2.20. The highest BCUT2D eigenvalue weighted by Crippen LogP contribution is 2.20. The molecular weight excluding hydrogens is 447 g/mol. The van der Waals surface area contributed by atoms with Crippen molar-refractivity contribution in [3.8, 4) is 0 Å². The van der Waals surface area contributed by atoms with Crippen LogP contribution >= 0.6 is 0 Å². The summed E-state index contributed by atoms with van der Waals surface area (Å²) in [5.41, 5.74) is 0.958. The number of methoxy groups -OCH3 is 1. The second-order valence-electron chi connectivity index (χ2n) is 7.15. The highest BCUT2D eigenvalue weighted by molar-refractivity contribution is 7.92. The Morgan fingerprint density at radius 2 is 1.58 bits per heavy atom. The number of halogens is 1. The Labute approximate surface area is 191 Å². The molecule has 0 saturated heterocycles. The van der Waals surface area contributed by atoms with Crippen molar-refractivity contribution in [3.05, 3.63) is 95.8 Å². The van der Waals surface area contributed by atoms with Gasteiger partial charge in [0.2, 0.25) is 0 Å². The van der Waals surface area contributed by atoms with Gasteiger partial charge < -0.3 is 9.64 Å². The van der Waals surface area contributed by atoms with Gasteiger partial charge in [0.15, 0.2) is 0 Å². The maximum absolute atomic E-state index is 13.8. The van der Waals surface area contributed by atoms with Gasteiger partial charge in [-0.25, -0.2) is 12.8 Å². The number of amides is 1. The van der Waals surface area contributed by atoms with Gasteiger partial charge in [0.25, 0.3) is 15.9 Å². The first-order valence-corrected chi connectivity index (χ1v) is 11.6. The summed E-state index contributed by atoms with van der Waals surface area (Å²) in [6.45, 7) is 0.404. The van der Waals surface area contributed by atoms with Gasteiger partial charge in [-0.3, -0.25) is 14.3 Å². The van der Waals surface area contributed by atoms with Crippen LogP contribution in [0.25, 0.3) is 0 Å². The number of nitrogens with one attached hydrogen (secondary N) is 1. The number of para-hydroxylation sites is 1. The summed E-state index contributed by atoms with van der Waals surface area (Å²) < 4.78 is 45.9. The average molecular weight is 471 g/mol. The van der Waals surface area contributed by atoms with Crippen LogP contribution in [0.4, 0.5) is 10.1 Å². The lowest BCUT2D eigenvalue weighted by Crippen LogP contribution is -2.32. The van der Waals surface area contributed by atoms with Crippen molar-refractivity contribution in [1.82, 2.24) is 4.90 Å². The number of hydrogen-bond acceptors (Lipinski definition) is 5. The predicted molar refractivity (Wildman–Crippen MR) is 121 cm³/mol. The molecule has 3 aromatic carbocycles. The van der Waals surface area contributed by atoms with E-state index in [1.54, 1.807) is 0 Å². The van der Waals surface area contributed by atoms with E-state index in [0.29, 0.717) is 0 Å². The average Bonchev–Trinajstić information content (AvgIpc) is 2.83. The van der Waals surface area contributed by atoms with Crippen LogP contribution in [-0.2, 0) is 26.1 Å². The molecule has 0 bridgehead atoms. The second kappa shape index (κ2) is 10.7. The molecule has 3 rings (SSSR count). The van der Waals surface area contributed by atoms with E-state index in [-0.39, 0.29) is 41.6 Å². The summed E-state index contributed by atoms with van der Waals surface area (Å²) in [5, 5.41) is 0. The fraction of sp³-hybridized carbons (Fsp3) is 0.167. The van der Waals surface area contributed by atoms with Gasteiger partial charge in [-0.1, -0.05) is 42.5 Å². The number of ether oxygens (including phenoxy) is 1. The number of carbonyl (C=O) groups excluding carboxylic acids is 2. The molecule has 0 spiro atoms. The lowest BCUT2D eigenvalue weighted by atomic mass is 10.1. The minimum Gasteiger partial charge on any atom is -0.469 e. The normalized spacial score (nSPS) is 11.0. The fourth-order valence-electron chi connectivity index (χ4n) is 3.09. The van der Waals surface area contributed by atoms with Crippen LogP contribution < -0.4 is 4.72 Å². The number of rotatable bonds is 9. The molecule has 1 amide bonds. The van der Waals surface area contributed by atoms with Crippen molar-refractivity contribution >= 4 is 27.6 Å². The van der Waals surface area contributed by atoms with Crippen LogP contribution in [0.15, 0.2) is 83.8 Å². The quantitative estimate of drug-likeness (QED) is 0.480. The van der Waals surface area contributed by atoms with E-state index in [0.717, 1.165) is 11.6 Å². The van der Waals surface area contributed by atoms with Crippen LogP contribution in [0.3, 0.4) is 0 Å². The third kappa shape index (κ3) is 6.39. The molecule has 0 radical (unpaired) electrons. The number of esters is 1. The van der Waals surface area contributed by atoms with Crippen LogP contribution in [0.5, 0.6) is 0 Å². The monoisotopic (exact) mass is 470 g/mol. The fourth-order valence-corrected chi connectivity index (χ4v) is 4.16. The van der Waals surface area contributed by atoms with Gasteiger partial charge in [0.1, 0.15) is 5.82 Å². The maximum Gasteiger partial charge on any atom is 0.307 e. The zero-order valence-electron chi connectivity index (χ0n) is 17.9. The molecule has 33 heavy (non-hydrogen) atoms. The molecule has 1 N–H and O–H groups in total. The van der Waals surface area contributed by atoms with E-state index in [1.165, 1.54) is 54.5 Å². The first-order valence-electron chi connectivity index (χ1n) is 10.1. The molecule has 0 atom stereocenters. The Bertz CT molecular complexity index is 1220. The van der Waals surface area contributed by atoms with Crippen LogP contribution in [-0.4, -0.2) is 38.8 Å². The molecule has 0 aliphatic heterocycles. The van der Waals surface area contributed by atoms with E-state index < -0.39 is 21.8 Å². The molecule has 172 valence electrons. The lowest BCUT2D eigenvalue weighted by molar-refractivity contribution is -0.140. The summed E-state index contributed by atoms with van der Waals surface area (Å²) in [4.78, 5) is 26.1. The Hall–Kier alpha value is -3.72. The van der Waals surface area contributed by atoms with Gasteiger partial charge in [0.05, 0.1) is 24.1 Å². The third-order valence-electron chi connectivity index (χ3n) is 4.85. The van der Waals surface area contributed by atoms with Gasteiger partial charge >= 0.3 is 5.97 Å². The standard InChI is InChI=1S/C24H23FN2O5S/c1-32-23(28)15-16-27(17-18-7-3-2-4-8-18)24(29)19-11-13-20(14-12-19)33(30,31)26-22-10-6-5-9-21(22)25/h2-14,26H,15-17H2,1H3. The number of sulfonamides is 1. The van der Waals surface area contributed by atoms with Crippen molar-refractivity contribution < 1.29 is 27.1 Å². The molecule has 0 heterocycles. The number of carbonyl (C=O) groups is 2. The van der Waals surface area contributed by atoms with E-state index in [4.69, 9.17) is 0 Å². The molecule has 0 unspecified atom stereocenters. The van der Waals surface area contributed by atoms with Gasteiger partial charge in [0, 0.05) is 18.7 Å². The minimum absolute atomic E-state index is 0.0219. The smallest absolute Gasteiger partial charge is 0.307 e. The SMILES string of the molecule is COC(=O)CCN(Cc1ccccc1)C(=O)c1ccc(S(=O)(=O)Nc2ccccc2F)cc1. The summed E-state index contributed by atoms with van der Waals surface area (Å²) in [5.74, 6) is -1.51. The Morgan fingerprint density at radius 3 is 2.21 bits per heavy atom. The Morgan fingerprint density at radius 1 is 0.939 bits per heavy atom. The molecule has 9 heteroatoms. The molecule has 0 aromatic heterocycles. The van der Waals surface area contributed by atoms with Gasteiger partial charge in [-0.2, -0.15) is 0 Å². The van der Waals surface area contributed by atoms with Crippen molar-refractivity contribution in [2.24, 2.45) is 0 Å². The molecule has 0 saturated carbocycles. The van der Waals surface area contributed by atoms with Gasteiger partial charge in [-0.15, -0.1) is 0 Å². The molecule has 0 aliphatic rings. The van der Waals surface area contributed by atoms with E-state index >= 15 is 0 Å².